The second-order valence-corrected chi connectivity index (χ2v) is 7.61. The van der Waals surface area contributed by atoms with Crippen molar-refractivity contribution in [3.05, 3.63) is 59.0 Å². The fourth-order valence-corrected chi connectivity index (χ4v) is 3.50. The number of rotatable bonds is 8. The molecule has 1 aromatic heterocycles. The lowest BCUT2D eigenvalue weighted by molar-refractivity contribution is -0.119. The van der Waals surface area contributed by atoms with E-state index in [0.29, 0.717) is 5.92 Å². The third-order valence-electron chi connectivity index (χ3n) is 4.57. The number of carbonyl (C=O) groups is 1. The van der Waals surface area contributed by atoms with Gasteiger partial charge in [0.25, 0.3) is 0 Å². The Hall–Kier alpha value is -1.58. The quantitative estimate of drug-likeness (QED) is 0.502. The van der Waals surface area contributed by atoms with Gasteiger partial charge >= 0.3 is 0 Å². The molecule has 1 heterocycles. The molecule has 3 nitrogen and oxygen atoms in total. The van der Waals surface area contributed by atoms with Crippen molar-refractivity contribution in [2.24, 2.45) is 11.7 Å². The number of carbonyl (C=O) groups excluding carboxylic acids is 1. The molecule has 0 fully saturated rings. The van der Waals surface area contributed by atoms with Crippen molar-refractivity contribution in [3.8, 4) is 0 Å². The highest BCUT2D eigenvalue weighted by Gasteiger charge is 2.22. The largest absolute Gasteiger partial charge is 0.469 e. The molecule has 1 unspecified atom stereocenters. The van der Waals surface area contributed by atoms with Crippen LogP contribution in [0.5, 0.6) is 0 Å². The standard InChI is InChI=1S/C13H19Cl.C10H14O2.CH5N/c1-3-5-11(6-4-2)12-7-9-13(14)10-8-12;1-7(2)10(8(3)11)9-5-4-6-12-9;1-2/h7-11H,3-6H2,1-2H3;4-7,10H,1-3H3;2H2,1H3. The Morgan fingerprint density at radius 1 is 1.04 bits per heavy atom. The van der Waals surface area contributed by atoms with Gasteiger partial charge in [-0.2, -0.15) is 0 Å². The van der Waals surface area contributed by atoms with Crippen LogP contribution >= 0.6 is 11.6 Å². The third-order valence-corrected chi connectivity index (χ3v) is 4.82. The SMILES string of the molecule is CC(=O)C(c1ccco1)C(C)C.CCCC(CCC)c1ccc(Cl)cc1.CN. The summed E-state index contributed by atoms with van der Waals surface area (Å²) in [6, 6.07) is 12.0. The zero-order chi connectivity index (χ0) is 21.5. The van der Waals surface area contributed by atoms with Gasteiger partial charge in [-0.05, 0) is 68.5 Å². The molecule has 28 heavy (non-hydrogen) atoms. The highest BCUT2D eigenvalue weighted by atomic mass is 35.5. The molecule has 2 rings (SSSR count). The van der Waals surface area contributed by atoms with Crippen LogP contribution < -0.4 is 5.73 Å². The molecule has 0 saturated heterocycles. The molecule has 0 bridgehead atoms. The van der Waals surface area contributed by atoms with E-state index < -0.39 is 0 Å². The third kappa shape index (κ3) is 9.57. The van der Waals surface area contributed by atoms with Crippen LogP contribution in [0.3, 0.4) is 0 Å². The lowest BCUT2D eigenvalue weighted by Gasteiger charge is -2.15. The van der Waals surface area contributed by atoms with E-state index in [9.17, 15) is 4.79 Å². The Morgan fingerprint density at radius 3 is 1.93 bits per heavy atom. The molecule has 1 atom stereocenters. The number of ketones is 1. The van der Waals surface area contributed by atoms with Gasteiger partial charge in [0.15, 0.2) is 0 Å². The van der Waals surface area contributed by atoms with Crippen LogP contribution in [0, 0.1) is 5.92 Å². The topological polar surface area (TPSA) is 56.2 Å². The first kappa shape index (κ1) is 26.4. The van der Waals surface area contributed by atoms with E-state index in [1.54, 1.807) is 13.2 Å². The lowest BCUT2D eigenvalue weighted by Crippen LogP contribution is -2.14. The molecule has 4 heteroatoms. The Labute approximate surface area is 176 Å². The number of halogens is 1. The van der Waals surface area contributed by atoms with Crippen LogP contribution in [-0.4, -0.2) is 12.8 Å². The summed E-state index contributed by atoms with van der Waals surface area (Å²) >= 11 is 5.87. The maximum absolute atomic E-state index is 11.2. The van der Waals surface area contributed by atoms with Crippen molar-refractivity contribution in [1.82, 2.24) is 0 Å². The van der Waals surface area contributed by atoms with Crippen molar-refractivity contribution >= 4 is 17.4 Å². The van der Waals surface area contributed by atoms with Crippen LogP contribution in [-0.2, 0) is 4.79 Å². The fraction of sp³-hybridized carbons (Fsp3) is 0.542. The first-order valence-corrected chi connectivity index (χ1v) is 10.6. The van der Waals surface area contributed by atoms with Gasteiger partial charge in [0.2, 0.25) is 0 Å². The number of nitrogens with two attached hydrogens (primary N) is 1. The lowest BCUT2D eigenvalue weighted by atomic mass is 9.90. The van der Waals surface area contributed by atoms with E-state index >= 15 is 0 Å². The van der Waals surface area contributed by atoms with E-state index in [4.69, 9.17) is 16.0 Å². The summed E-state index contributed by atoms with van der Waals surface area (Å²) in [7, 11) is 1.50. The molecule has 2 aromatic rings. The number of furan rings is 1. The second kappa shape index (κ2) is 15.4. The molecule has 0 saturated carbocycles. The van der Waals surface area contributed by atoms with Gasteiger partial charge in [-0.1, -0.05) is 64.3 Å². The summed E-state index contributed by atoms with van der Waals surface area (Å²) in [5.41, 5.74) is 5.94. The average Bonchev–Trinajstić information content (AvgIpc) is 3.18. The molecule has 0 radical (unpaired) electrons. The van der Waals surface area contributed by atoms with E-state index in [1.807, 2.05) is 38.1 Å². The Balaban J connectivity index is 0.000000483. The minimum atomic E-state index is -0.0833. The van der Waals surface area contributed by atoms with Crippen molar-refractivity contribution in [1.29, 1.82) is 0 Å². The van der Waals surface area contributed by atoms with E-state index in [0.717, 1.165) is 16.7 Å². The van der Waals surface area contributed by atoms with Gasteiger partial charge in [0.05, 0.1) is 12.2 Å². The van der Waals surface area contributed by atoms with Gasteiger partial charge < -0.3 is 10.2 Å². The zero-order valence-electron chi connectivity index (χ0n) is 18.4. The zero-order valence-corrected chi connectivity index (χ0v) is 19.1. The highest BCUT2D eigenvalue weighted by molar-refractivity contribution is 6.30. The van der Waals surface area contributed by atoms with E-state index in [2.05, 4.69) is 31.7 Å². The van der Waals surface area contributed by atoms with E-state index in [-0.39, 0.29) is 11.7 Å². The maximum Gasteiger partial charge on any atom is 0.140 e. The molecule has 2 N–H and O–H groups in total. The molecular formula is C24H38ClNO2. The second-order valence-electron chi connectivity index (χ2n) is 7.17. The van der Waals surface area contributed by atoms with Gasteiger partial charge in [-0.15, -0.1) is 0 Å². The summed E-state index contributed by atoms with van der Waals surface area (Å²) in [6.45, 7) is 10.1. The smallest absolute Gasteiger partial charge is 0.140 e. The van der Waals surface area contributed by atoms with Crippen molar-refractivity contribution < 1.29 is 9.21 Å². The van der Waals surface area contributed by atoms with Gasteiger partial charge in [0, 0.05) is 5.02 Å². The van der Waals surface area contributed by atoms with Crippen LogP contribution in [0.1, 0.15) is 83.5 Å². The minimum absolute atomic E-state index is 0.0833. The normalized spacial score (nSPS) is 11.4. The Morgan fingerprint density at radius 2 is 1.57 bits per heavy atom. The Kier molecular flexibility index (Phi) is 14.5. The maximum atomic E-state index is 11.2. The molecule has 0 aliphatic heterocycles. The molecular weight excluding hydrogens is 370 g/mol. The van der Waals surface area contributed by atoms with Gasteiger partial charge in [0.1, 0.15) is 11.5 Å². The fourth-order valence-electron chi connectivity index (χ4n) is 3.38. The molecule has 0 spiro atoms. The summed E-state index contributed by atoms with van der Waals surface area (Å²) in [5, 5.41) is 0.834. The first-order valence-electron chi connectivity index (χ1n) is 10.3. The highest BCUT2D eigenvalue weighted by Crippen LogP contribution is 2.27. The summed E-state index contributed by atoms with van der Waals surface area (Å²) in [5.74, 6) is 1.88. The number of hydrogen-bond acceptors (Lipinski definition) is 3. The number of benzene rings is 1. The summed E-state index contributed by atoms with van der Waals surface area (Å²) in [6.07, 6.45) is 6.69. The molecule has 0 aliphatic carbocycles. The van der Waals surface area contributed by atoms with Crippen molar-refractivity contribution in [2.45, 2.75) is 72.1 Å². The van der Waals surface area contributed by atoms with Gasteiger partial charge in [-0.25, -0.2) is 0 Å². The summed E-state index contributed by atoms with van der Waals surface area (Å²) in [4.78, 5) is 11.2. The molecule has 158 valence electrons. The van der Waals surface area contributed by atoms with Crippen LogP contribution in [0.2, 0.25) is 5.02 Å². The first-order chi connectivity index (χ1) is 13.4. The predicted octanol–water partition coefficient (Wildman–Crippen LogP) is 7.21. The predicted molar refractivity (Wildman–Crippen MR) is 121 cm³/mol. The Bertz CT molecular complexity index is 615. The van der Waals surface area contributed by atoms with Crippen LogP contribution in [0.15, 0.2) is 47.1 Å². The molecule has 1 aromatic carbocycles. The average molecular weight is 408 g/mol. The number of Topliss-reactive ketones (excluding diaryl/α,β-unsaturated/α-hetero) is 1. The van der Waals surface area contributed by atoms with Crippen LogP contribution in [0.25, 0.3) is 0 Å². The molecule has 0 amide bonds. The minimum Gasteiger partial charge on any atom is -0.469 e. The van der Waals surface area contributed by atoms with E-state index in [1.165, 1.54) is 38.3 Å². The van der Waals surface area contributed by atoms with Crippen molar-refractivity contribution in [2.75, 3.05) is 7.05 Å². The van der Waals surface area contributed by atoms with Crippen LogP contribution in [0.4, 0.5) is 0 Å². The number of hydrogen-bond donors (Lipinski definition) is 1. The van der Waals surface area contributed by atoms with Crippen molar-refractivity contribution in [3.63, 3.8) is 0 Å². The monoisotopic (exact) mass is 407 g/mol. The van der Waals surface area contributed by atoms with Gasteiger partial charge in [-0.3, -0.25) is 4.79 Å². The summed E-state index contributed by atoms with van der Waals surface area (Å²) < 4.78 is 5.20. The molecule has 0 aliphatic rings.